The smallest absolute Gasteiger partial charge is 0.321 e. The number of piperidine rings is 1. The Kier molecular flexibility index (Phi) is 7.85. The summed E-state index contributed by atoms with van der Waals surface area (Å²) in [5.74, 6) is 0.0439. The minimum atomic E-state index is -0.174. The average Bonchev–Trinajstić information content (AvgIpc) is 2.53. The number of amides is 3. The molecule has 6 nitrogen and oxygen atoms in total. The van der Waals surface area contributed by atoms with Crippen molar-refractivity contribution in [2.24, 2.45) is 0 Å². The number of carbonyl (C=O) groups excluding carboxylic acids is 2. The molecular weight excluding hydrogens is 316 g/mol. The summed E-state index contributed by atoms with van der Waals surface area (Å²) < 4.78 is 0. The summed E-state index contributed by atoms with van der Waals surface area (Å²) in [5.41, 5.74) is 1.68. The van der Waals surface area contributed by atoms with Crippen LogP contribution in [0.2, 0.25) is 0 Å². The van der Waals surface area contributed by atoms with Gasteiger partial charge in [0.25, 0.3) is 0 Å². The zero-order valence-corrected chi connectivity index (χ0v) is 14.4. The fourth-order valence-corrected chi connectivity index (χ4v) is 2.38. The number of hydrogen-bond donors (Lipinski definition) is 3. The third-order valence-electron chi connectivity index (χ3n) is 3.68. The molecule has 1 heterocycles. The highest BCUT2D eigenvalue weighted by atomic mass is 35.5. The van der Waals surface area contributed by atoms with Crippen LogP contribution < -0.4 is 16.0 Å². The maximum Gasteiger partial charge on any atom is 0.321 e. The SMILES string of the molecule is CN(C)C(=O)Nc1cccc(CNC(=O)C2CCCCN2)c1.Cl. The van der Waals surface area contributed by atoms with Gasteiger partial charge >= 0.3 is 6.03 Å². The Hall–Kier alpha value is -1.79. The lowest BCUT2D eigenvalue weighted by Gasteiger charge is -2.22. The van der Waals surface area contributed by atoms with Crippen molar-refractivity contribution >= 4 is 30.0 Å². The topological polar surface area (TPSA) is 73.5 Å². The van der Waals surface area contributed by atoms with E-state index in [-0.39, 0.29) is 30.4 Å². The Labute approximate surface area is 143 Å². The molecule has 0 aromatic heterocycles. The summed E-state index contributed by atoms with van der Waals surface area (Å²) in [5, 5.41) is 8.97. The van der Waals surface area contributed by atoms with E-state index in [1.807, 2.05) is 24.3 Å². The van der Waals surface area contributed by atoms with E-state index >= 15 is 0 Å². The van der Waals surface area contributed by atoms with Gasteiger partial charge in [-0.2, -0.15) is 0 Å². The number of rotatable bonds is 4. The molecule has 1 aromatic rings. The number of benzene rings is 1. The summed E-state index contributed by atoms with van der Waals surface area (Å²) in [7, 11) is 3.38. The number of carbonyl (C=O) groups is 2. The van der Waals surface area contributed by atoms with E-state index in [2.05, 4.69) is 16.0 Å². The van der Waals surface area contributed by atoms with Crippen molar-refractivity contribution in [3.8, 4) is 0 Å². The van der Waals surface area contributed by atoms with Gasteiger partial charge in [-0.15, -0.1) is 12.4 Å². The number of nitrogens with one attached hydrogen (secondary N) is 3. The molecule has 0 radical (unpaired) electrons. The highest BCUT2D eigenvalue weighted by Gasteiger charge is 2.19. The molecule has 0 aliphatic carbocycles. The second-order valence-electron chi connectivity index (χ2n) is 5.75. The molecule has 3 N–H and O–H groups in total. The highest BCUT2D eigenvalue weighted by molar-refractivity contribution is 5.89. The first-order valence-corrected chi connectivity index (χ1v) is 7.64. The number of nitrogens with zero attached hydrogens (tertiary/aromatic N) is 1. The van der Waals surface area contributed by atoms with E-state index in [4.69, 9.17) is 0 Å². The summed E-state index contributed by atoms with van der Waals surface area (Å²) in [6.07, 6.45) is 3.12. The van der Waals surface area contributed by atoms with Crippen LogP contribution in [0.15, 0.2) is 24.3 Å². The van der Waals surface area contributed by atoms with Crippen molar-refractivity contribution in [2.45, 2.75) is 31.8 Å². The molecule has 0 bridgehead atoms. The van der Waals surface area contributed by atoms with E-state index < -0.39 is 0 Å². The Morgan fingerprint density at radius 1 is 1.30 bits per heavy atom. The van der Waals surface area contributed by atoms with Crippen LogP contribution in [0.25, 0.3) is 0 Å². The number of halogens is 1. The molecule has 1 fully saturated rings. The van der Waals surface area contributed by atoms with Gasteiger partial charge in [0.1, 0.15) is 0 Å². The lowest BCUT2D eigenvalue weighted by molar-refractivity contribution is -0.123. The zero-order valence-electron chi connectivity index (χ0n) is 13.6. The van der Waals surface area contributed by atoms with Crippen LogP contribution in [-0.4, -0.2) is 43.5 Å². The second-order valence-corrected chi connectivity index (χ2v) is 5.75. The van der Waals surface area contributed by atoms with Crippen molar-refractivity contribution in [2.75, 3.05) is 26.0 Å². The van der Waals surface area contributed by atoms with Gasteiger partial charge in [0.15, 0.2) is 0 Å². The van der Waals surface area contributed by atoms with Gasteiger partial charge in [0.05, 0.1) is 6.04 Å². The summed E-state index contributed by atoms with van der Waals surface area (Å²) in [6, 6.07) is 7.25. The third kappa shape index (κ3) is 6.08. The molecule has 23 heavy (non-hydrogen) atoms. The Bertz CT molecular complexity index is 531. The number of hydrogen-bond acceptors (Lipinski definition) is 3. The van der Waals surface area contributed by atoms with E-state index in [1.54, 1.807) is 14.1 Å². The first-order chi connectivity index (χ1) is 10.6. The highest BCUT2D eigenvalue weighted by Crippen LogP contribution is 2.12. The molecule has 3 amide bonds. The molecule has 1 saturated heterocycles. The summed E-state index contributed by atoms with van der Waals surface area (Å²) in [6.45, 7) is 1.37. The number of urea groups is 1. The van der Waals surface area contributed by atoms with E-state index in [0.717, 1.165) is 37.1 Å². The second kappa shape index (κ2) is 9.37. The summed E-state index contributed by atoms with van der Waals surface area (Å²) >= 11 is 0. The van der Waals surface area contributed by atoms with Crippen molar-refractivity contribution in [3.63, 3.8) is 0 Å². The van der Waals surface area contributed by atoms with Gasteiger partial charge in [-0.3, -0.25) is 4.79 Å². The predicted molar refractivity (Wildman–Crippen MR) is 93.9 cm³/mol. The molecule has 7 heteroatoms. The monoisotopic (exact) mass is 340 g/mol. The molecule has 1 atom stereocenters. The minimum absolute atomic E-state index is 0. The predicted octanol–water partition coefficient (Wildman–Crippen LogP) is 1.96. The first-order valence-electron chi connectivity index (χ1n) is 7.64. The Balaban J connectivity index is 0.00000264. The summed E-state index contributed by atoms with van der Waals surface area (Å²) in [4.78, 5) is 25.2. The van der Waals surface area contributed by atoms with Crippen molar-refractivity contribution in [1.29, 1.82) is 0 Å². The lowest BCUT2D eigenvalue weighted by Crippen LogP contribution is -2.46. The zero-order chi connectivity index (χ0) is 15.9. The van der Waals surface area contributed by atoms with E-state index in [1.165, 1.54) is 4.90 Å². The molecule has 1 aromatic carbocycles. The quantitative estimate of drug-likeness (QED) is 0.784. The van der Waals surface area contributed by atoms with Crippen molar-refractivity contribution < 1.29 is 9.59 Å². The lowest BCUT2D eigenvalue weighted by atomic mass is 10.0. The Morgan fingerprint density at radius 2 is 2.09 bits per heavy atom. The normalized spacial score (nSPS) is 16.9. The van der Waals surface area contributed by atoms with Crippen LogP contribution >= 0.6 is 12.4 Å². The largest absolute Gasteiger partial charge is 0.351 e. The average molecular weight is 341 g/mol. The molecule has 1 aliphatic rings. The van der Waals surface area contributed by atoms with Gasteiger partial charge in [-0.1, -0.05) is 18.6 Å². The van der Waals surface area contributed by atoms with Crippen LogP contribution in [0.5, 0.6) is 0 Å². The van der Waals surface area contributed by atoms with Crippen molar-refractivity contribution in [3.05, 3.63) is 29.8 Å². The van der Waals surface area contributed by atoms with Crippen LogP contribution in [0.1, 0.15) is 24.8 Å². The molecule has 0 spiro atoms. The third-order valence-corrected chi connectivity index (χ3v) is 3.68. The van der Waals surface area contributed by atoms with Crippen LogP contribution in [-0.2, 0) is 11.3 Å². The van der Waals surface area contributed by atoms with Crippen LogP contribution in [0.4, 0.5) is 10.5 Å². The maximum absolute atomic E-state index is 12.1. The van der Waals surface area contributed by atoms with Gasteiger partial charge in [0, 0.05) is 26.3 Å². The van der Waals surface area contributed by atoms with E-state index in [0.29, 0.717) is 6.54 Å². The van der Waals surface area contributed by atoms with Gasteiger partial charge < -0.3 is 20.9 Å². The fraction of sp³-hybridized carbons (Fsp3) is 0.500. The molecule has 128 valence electrons. The maximum atomic E-state index is 12.1. The van der Waals surface area contributed by atoms with Crippen LogP contribution in [0.3, 0.4) is 0 Å². The molecular formula is C16H25ClN4O2. The van der Waals surface area contributed by atoms with E-state index in [9.17, 15) is 9.59 Å². The molecule has 1 aliphatic heterocycles. The fourth-order valence-electron chi connectivity index (χ4n) is 2.38. The van der Waals surface area contributed by atoms with Gasteiger partial charge in [-0.25, -0.2) is 4.79 Å². The molecule has 0 saturated carbocycles. The van der Waals surface area contributed by atoms with Gasteiger partial charge in [0.2, 0.25) is 5.91 Å². The first kappa shape index (κ1) is 19.3. The number of anilines is 1. The Morgan fingerprint density at radius 3 is 2.74 bits per heavy atom. The van der Waals surface area contributed by atoms with Crippen molar-refractivity contribution in [1.82, 2.24) is 15.5 Å². The molecule has 1 unspecified atom stereocenters. The van der Waals surface area contributed by atoms with Crippen LogP contribution in [0, 0.1) is 0 Å². The molecule has 2 rings (SSSR count). The standard InChI is InChI=1S/C16H24N4O2.ClH/c1-20(2)16(22)19-13-7-5-6-12(10-13)11-18-15(21)14-8-3-4-9-17-14;/h5-7,10,14,17H,3-4,8-9,11H2,1-2H3,(H,18,21)(H,19,22);1H. The minimum Gasteiger partial charge on any atom is -0.351 e. The van der Waals surface area contributed by atoms with Gasteiger partial charge in [-0.05, 0) is 37.1 Å².